The highest BCUT2D eigenvalue weighted by molar-refractivity contribution is 5.89. The molecule has 1 aromatic carbocycles. The first-order valence-corrected chi connectivity index (χ1v) is 6.60. The van der Waals surface area contributed by atoms with Crippen LogP contribution in [-0.4, -0.2) is 50.0 Å². The van der Waals surface area contributed by atoms with E-state index in [9.17, 15) is 14.7 Å². The fourth-order valence-electron chi connectivity index (χ4n) is 2.22. The van der Waals surface area contributed by atoms with Gasteiger partial charge in [-0.15, -0.1) is 0 Å². The highest BCUT2D eigenvalue weighted by atomic mass is 16.5. The number of Topliss-reactive ketones (excluding diaryl/α,β-unsaturated/α-hetero) is 1. The van der Waals surface area contributed by atoms with Gasteiger partial charge in [-0.2, -0.15) is 0 Å². The molecule has 0 aliphatic carbocycles. The lowest BCUT2D eigenvalue weighted by Gasteiger charge is -2.39. The second-order valence-electron chi connectivity index (χ2n) is 5.80. The third kappa shape index (κ3) is 4.54. The summed E-state index contributed by atoms with van der Waals surface area (Å²) in [6.07, 6.45) is -3.40. The molecule has 0 aromatic heterocycles. The van der Waals surface area contributed by atoms with Crippen LogP contribution in [0.15, 0.2) is 30.3 Å². The fourth-order valence-corrected chi connectivity index (χ4v) is 2.22. The molecule has 0 unspecified atom stereocenters. The van der Waals surface area contributed by atoms with Crippen molar-refractivity contribution in [2.75, 3.05) is 0 Å². The zero-order chi connectivity index (χ0) is 16.2. The zero-order valence-electron chi connectivity index (χ0n) is 12.4. The number of aliphatic hydroxyl groups is 2. The predicted octanol–water partition coefficient (Wildman–Crippen LogP) is 1.26. The first kappa shape index (κ1) is 17.1. The van der Waals surface area contributed by atoms with Gasteiger partial charge >= 0.3 is 6.09 Å². The molecule has 1 atom stereocenters. The van der Waals surface area contributed by atoms with Crippen molar-refractivity contribution < 1.29 is 24.9 Å². The van der Waals surface area contributed by atoms with E-state index in [1.165, 1.54) is 0 Å². The minimum atomic E-state index is -2.21. The van der Waals surface area contributed by atoms with E-state index in [0.29, 0.717) is 0 Å². The summed E-state index contributed by atoms with van der Waals surface area (Å²) >= 11 is 0. The van der Waals surface area contributed by atoms with Crippen molar-refractivity contribution in [2.24, 2.45) is 0 Å². The lowest BCUT2D eigenvalue weighted by atomic mass is 9.95. The Kier molecular flexibility index (Phi) is 5.46. The summed E-state index contributed by atoms with van der Waals surface area (Å²) in [5, 5.41) is 27.7. The molecule has 0 spiro atoms. The first-order valence-electron chi connectivity index (χ1n) is 6.60. The van der Waals surface area contributed by atoms with Gasteiger partial charge in [0.1, 0.15) is 6.04 Å². The van der Waals surface area contributed by atoms with Crippen LogP contribution >= 0.6 is 0 Å². The average Bonchev–Trinajstić information content (AvgIpc) is 2.36. The third-order valence-electron chi connectivity index (χ3n) is 3.10. The van der Waals surface area contributed by atoms with Crippen molar-refractivity contribution in [3.63, 3.8) is 0 Å². The average molecular weight is 295 g/mol. The number of hydrogen-bond donors (Lipinski definition) is 3. The molecule has 0 aliphatic heterocycles. The Bertz CT molecular complexity index is 493. The third-order valence-corrected chi connectivity index (χ3v) is 3.10. The summed E-state index contributed by atoms with van der Waals surface area (Å²) < 4.78 is 0. The minimum absolute atomic E-state index is 0.0842. The van der Waals surface area contributed by atoms with E-state index >= 15 is 0 Å². The number of benzene rings is 1. The van der Waals surface area contributed by atoms with Gasteiger partial charge in [0.15, 0.2) is 0 Å². The lowest BCUT2D eigenvalue weighted by Crippen LogP contribution is -2.57. The molecule has 0 fully saturated rings. The van der Waals surface area contributed by atoms with Crippen LogP contribution in [0.3, 0.4) is 0 Å². The van der Waals surface area contributed by atoms with Crippen molar-refractivity contribution in [3.8, 4) is 0 Å². The molecule has 1 rings (SSSR count). The van der Waals surface area contributed by atoms with Gasteiger partial charge in [-0.25, -0.2) is 4.79 Å². The standard InChI is InChI=1S/C15H21NO5/c1-15(2,3)16(14(20)21)11(12(17)13(18)19)9-10-7-5-4-6-8-10/h4-8,11,13,18-19H,9H2,1-3H3,(H,20,21)/t11-/m0/s1. The van der Waals surface area contributed by atoms with Crippen LogP contribution < -0.4 is 0 Å². The van der Waals surface area contributed by atoms with Crippen molar-refractivity contribution in [3.05, 3.63) is 35.9 Å². The molecule has 0 saturated carbocycles. The van der Waals surface area contributed by atoms with E-state index < -0.39 is 29.7 Å². The Morgan fingerprint density at radius 3 is 2.05 bits per heavy atom. The van der Waals surface area contributed by atoms with Gasteiger partial charge in [-0.05, 0) is 26.3 Å². The van der Waals surface area contributed by atoms with E-state index in [2.05, 4.69) is 0 Å². The summed E-state index contributed by atoms with van der Waals surface area (Å²) in [6.45, 7) is 4.95. The molecule has 3 N–H and O–H groups in total. The van der Waals surface area contributed by atoms with Crippen LogP contribution in [-0.2, 0) is 11.2 Å². The van der Waals surface area contributed by atoms with Crippen LogP contribution in [0, 0.1) is 0 Å². The van der Waals surface area contributed by atoms with E-state index in [-0.39, 0.29) is 6.42 Å². The first-order chi connectivity index (χ1) is 9.64. The molecular weight excluding hydrogens is 274 g/mol. The largest absolute Gasteiger partial charge is 0.465 e. The number of nitrogens with zero attached hydrogens (tertiary/aromatic N) is 1. The molecular formula is C15H21NO5. The fraction of sp³-hybridized carbons (Fsp3) is 0.467. The Hall–Kier alpha value is -1.92. The Labute approximate surface area is 123 Å². The predicted molar refractivity (Wildman–Crippen MR) is 76.8 cm³/mol. The Balaban J connectivity index is 3.18. The van der Waals surface area contributed by atoms with Gasteiger partial charge < -0.3 is 15.3 Å². The topological polar surface area (TPSA) is 98.1 Å². The van der Waals surface area contributed by atoms with E-state index in [4.69, 9.17) is 10.2 Å². The molecule has 6 heteroatoms. The Morgan fingerprint density at radius 1 is 1.14 bits per heavy atom. The normalized spacial score (nSPS) is 13.0. The molecule has 0 saturated heterocycles. The number of aliphatic hydroxyl groups excluding tert-OH is 1. The van der Waals surface area contributed by atoms with E-state index in [0.717, 1.165) is 10.5 Å². The number of hydrogen-bond acceptors (Lipinski definition) is 4. The van der Waals surface area contributed by atoms with E-state index in [1.54, 1.807) is 51.1 Å². The van der Waals surface area contributed by atoms with Crippen molar-refractivity contribution in [1.29, 1.82) is 0 Å². The quantitative estimate of drug-likeness (QED) is 0.710. The minimum Gasteiger partial charge on any atom is -0.465 e. The number of carbonyl (C=O) groups is 2. The number of amides is 1. The number of carbonyl (C=O) groups excluding carboxylic acids is 1. The number of carboxylic acid groups (broad SMARTS) is 1. The maximum Gasteiger partial charge on any atom is 0.408 e. The van der Waals surface area contributed by atoms with Crippen molar-refractivity contribution >= 4 is 11.9 Å². The summed E-state index contributed by atoms with van der Waals surface area (Å²) in [5.41, 5.74) is -0.109. The van der Waals surface area contributed by atoms with Crippen LogP contribution in [0.25, 0.3) is 0 Å². The van der Waals surface area contributed by atoms with Gasteiger partial charge in [0.25, 0.3) is 0 Å². The SMILES string of the molecule is CC(C)(C)N(C(=O)O)[C@@H](Cc1ccccc1)C(=O)C(O)O. The number of ketones is 1. The molecule has 116 valence electrons. The van der Waals surface area contributed by atoms with Crippen molar-refractivity contribution in [1.82, 2.24) is 4.90 Å². The van der Waals surface area contributed by atoms with Crippen LogP contribution in [0.5, 0.6) is 0 Å². The summed E-state index contributed by atoms with van der Waals surface area (Å²) in [4.78, 5) is 24.5. The van der Waals surface area contributed by atoms with Gasteiger partial charge in [-0.1, -0.05) is 30.3 Å². The summed E-state index contributed by atoms with van der Waals surface area (Å²) in [6, 6.07) is 7.70. The highest BCUT2D eigenvalue weighted by Gasteiger charge is 2.39. The molecule has 1 aromatic rings. The molecule has 0 heterocycles. The van der Waals surface area contributed by atoms with Crippen LogP contribution in [0.2, 0.25) is 0 Å². The van der Waals surface area contributed by atoms with Crippen LogP contribution in [0.4, 0.5) is 4.79 Å². The summed E-state index contributed by atoms with van der Waals surface area (Å²) in [5.74, 6) is -0.934. The maximum absolute atomic E-state index is 12.0. The molecule has 0 radical (unpaired) electrons. The van der Waals surface area contributed by atoms with Crippen LogP contribution in [0.1, 0.15) is 26.3 Å². The van der Waals surface area contributed by atoms with E-state index in [1.807, 2.05) is 0 Å². The maximum atomic E-state index is 12.0. The number of rotatable bonds is 5. The summed E-state index contributed by atoms with van der Waals surface area (Å²) in [7, 11) is 0. The molecule has 0 aliphatic rings. The Morgan fingerprint density at radius 2 is 1.67 bits per heavy atom. The monoisotopic (exact) mass is 295 g/mol. The molecule has 21 heavy (non-hydrogen) atoms. The molecule has 6 nitrogen and oxygen atoms in total. The van der Waals surface area contributed by atoms with Crippen molar-refractivity contribution in [2.45, 2.75) is 45.1 Å². The lowest BCUT2D eigenvalue weighted by molar-refractivity contribution is -0.151. The van der Waals surface area contributed by atoms with Gasteiger partial charge in [-0.3, -0.25) is 9.69 Å². The zero-order valence-corrected chi connectivity index (χ0v) is 12.4. The van der Waals surface area contributed by atoms with Gasteiger partial charge in [0.2, 0.25) is 12.1 Å². The highest BCUT2D eigenvalue weighted by Crippen LogP contribution is 2.21. The second-order valence-corrected chi connectivity index (χ2v) is 5.80. The molecule has 0 bridgehead atoms. The second kappa shape index (κ2) is 6.69. The smallest absolute Gasteiger partial charge is 0.408 e. The molecule has 1 amide bonds. The van der Waals surface area contributed by atoms with Gasteiger partial charge in [0.05, 0.1) is 0 Å². The van der Waals surface area contributed by atoms with Gasteiger partial charge in [0, 0.05) is 12.0 Å².